The maximum Gasteiger partial charge on any atom is 0.121 e. The molecule has 0 aliphatic heterocycles. The first-order valence-electron chi connectivity index (χ1n) is 7.43. The third-order valence-electron chi connectivity index (χ3n) is 3.44. The van der Waals surface area contributed by atoms with Crippen LogP contribution in [0.15, 0.2) is 18.2 Å². The van der Waals surface area contributed by atoms with Crippen molar-refractivity contribution in [3.63, 3.8) is 0 Å². The molecule has 0 spiro atoms. The Bertz CT molecular complexity index is 560. The van der Waals surface area contributed by atoms with Crippen LogP contribution in [0.5, 0.6) is 5.75 Å². The quantitative estimate of drug-likeness (QED) is 0.789. The third kappa shape index (κ3) is 3.12. The fourth-order valence-corrected chi connectivity index (χ4v) is 2.51. The molecule has 0 amide bonds. The molecule has 0 saturated carbocycles. The molecule has 2 aromatic rings. The van der Waals surface area contributed by atoms with Gasteiger partial charge in [-0.1, -0.05) is 6.92 Å². The lowest BCUT2D eigenvalue weighted by molar-refractivity contribution is 0.415. The van der Waals surface area contributed by atoms with Crippen LogP contribution in [0.3, 0.4) is 0 Å². The van der Waals surface area contributed by atoms with Crippen LogP contribution in [0.25, 0.3) is 11.0 Å². The summed E-state index contributed by atoms with van der Waals surface area (Å²) in [6.07, 6.45) is 2.12. The van der Waals surface area contributed by atoms with E-state index in [-0.39, 0.29) is 0 Å². The first kappa shape index (κ1) is 14.9. The third-order valence-corrected chi connectivity index (χ3v) is 3.44. The summed E-state index contributed by atoms with van der Waals surface area (Å²) < 4.78 is 7.61. The zero-order valence-electron chi connectivity index (χ0n) is 12.9. The Morgan fingerprint density at radius 2 is 2.10 bits per heavy atom. The van der Waals surface area contributed by atoms with Crippen molar-refractivity contribution in [2.45, 2.75) is 39.7 Å². The maximum atomic E-state index is 5.28. The maximum absolute atomic E-state index is 5.28. The summed E-state index contributed by atoms with van der Waals surface area (Å²) in [6.45, 7) is 8.63. The Morgan fingerprint density at radius 1 is 1.30 bits per heavy atom. The predicted molar refractivity (Wildman–Crippen MR) is 83.5 cm³/mol. The van der Waals surface area contributed by atoms with Crippen molar-refractivity contribution in [3.05, 3.63) is 24.0 Å². The van der Waals surface area contributed by atoms with Crippen molar-refractivity contribution < 1.29 is 4.74 Å². The highest BCUT2D eigenvalue weighted by Crippen LogP contribution is 2.25. The van der Waals surface area contributed by atoms with E-state index in [2.05, 4.69) is 36.7 Å². The summed E-state index contributed by atoms with van der Waals surface area (Å²) in [7, 11) is 1.69. The normalized spacial score (nSPS) is 11.4. The van der Waals surface area contributed by atoms with Crippen molar-refractivity contribution in [3.8, 4) is 5.75 Å². The van der Waals surface area contributed by atoms with Crippen molar-refractivity contribution in [2.75, 3.05) is 20.2 Å². The molecule has 0 saturated heterocycles. The van der Waals surface area contributed by atoms with Gasteiger partial charge in [0.2, 0.25) is 0 Å². The zero-order valence-corrected chi connectivity index (χ0v) is 12.9. The van der Waals surface area contributed by atoms with Crippen LogP contribution in [0.1, 0.15) is 39.1 Å². The summed E-state index contributed by atoms with van der Waals surface area (Å²) >= 11 is 0. The van der Waals surface area contributed by atoms with Gasteiger partial charge in [-0.2, -0.15) is 0 Å². The molecule has 0 aliphatic rings. The lowest BCUT2D eigenvalue weighted by atomic mass is 10.2. The van der Waals surface area contributed by atoms with E-state index >= 15 is 0 Å². The number of nitrogens with zero attached hydrogens (tertiary/aromatic N) is 2. The van der Waals surface area contributed by atoms with Gasteiger partial charge in [-0.3, -0.25) is 0 Å². The van der Waals surface area contributed by atoms with Gasteiger partial charge in [0.1, 0.15) is 11.6 Å². The Labute approximate surface area is 121 Å². The molecule has 0 fully saturated rings. The Balaban J connectivity index is 2.29. The fourth-order valence-electron chi connectivity index (χ4n) is 2.51. The SMILES string of the molecule is CCCNCCc1nc2cc(OC)ccc2n1C(C)C. The minimum absolute atomic E-state index is 0.412. The number of nitrogens with one attached hydrogen (secondary N) is 1. The van der Waals surface area contributed by atoms with Gasteiger partial charge in [0, 0.05) is 25.1 Å². The number of hydrogen-bond acceptors (Lipinski definition) is 3. The van der Waals surface area contributed by atoms with Crippen molar-refractivity contribution in [1.29, 1.82) is 0 Å². The van der Waals surface area contributed by atoms with Crippen LogP contribution < -0.4 is 10.1 Å². The van der Waals surface area contributed by atoms with Gasteiger partial charge in [-0.25, -0.2) is 4.98 Å². The fraction of sp³-hybridized carbons (Fsp3) is 0.562. The largest absolute Gasteiger partial charge is 0.497 e. The number of benzene rings is 1. The summed E-state index contributed by atoms with van der Waals surface area (Å²) in [4.78, 5) is 4.78. The molecule has 1 heterocycles. The van der Waals surface area contributed by atoms with E-state index in [1.54, 1.807) is 7.11 Å². The molecule has 20 heavy (non-hydrogen) atoms. The number of methoxy groups -OCH3 is 1. The molecule has 1 N–H and O–H groups in total. The van der Waals surface area contributed by atoms with E-state index in [0.29, 0.717) is 6.04 Å². The molecule has 0 atom stereocenters. The summed E-state index contributed by atoms with van der Waals surface area (Å²) in [5.41, 5.74) is 2.20. The average molecular weight is 275 g/mol. The van der Waals surface area contributed by atoms with E-state index in [0.717, 1.165) is 43.0 Å². The summed E-state index contributed by atoms with van der Waals surface area (Å²) in [5, 5.41) is 3.44. The van der Waals surface area contributed by atoms with Gasteiger partial charge >= 0.3 is 0 Å². The topological polar surface area (TPSA) is 39.1 Å². The highest BCUT2D eigenvalue weighted by Gasteiger charge is 2.13. The molecule has 0 bridgehead atoms. The highest BCUT2D eigenvalue weighted by molar-refractivity contribution is 5.78. The first-order chi connectivity index (χ1) is 9.67. The molecular formula is C16H25N3O. The molecule has 2 rings (SSSR count). The van der Waals surface area contributed by atoms with Crippen molar-refractivity contribution in [2.24, 2.45) is 0 Å². The van der Waals surface area contributed by atoms with E-state index in [1.165, 1.54) is 5.52 Å². The van der Waals surface area contributed by atoms with Crippen LogP contribution in [-0.4, -0.2) is 29.8 Å². The second kappa shape index (κ2) is 6.75. The minimum atomic E-state index is 0.412. The van der Waals surface area contributed by atoms with Crippen LogP contribution in [0.2, 0.25) is 0 Å². The number of hydrogen-bond donors (Lipinski definition) is 1. The standard InChI is InChI=1S/C16H25N3O/c1-5-9-17-10-8-16-18-14-11-13(20-4)6-7-15(14)19(16)12(2)3/h6-7,11-12,17H,5,8-10H2,1-4H3. The lowest BCUT2D eigenvalue weighted by Crippen LogP contribution is -2.20. The molecule has 0 radical (unpaired) electrons. The van der Waals surface area contributed by atoms with E-state index in [4.69, 9.17) is 9.72 Å². The van der Waals surface area contributed by atoms with Crippen LogP contribution in [-0.2, 0) is 6.42 Å². The molecule has 0 aliphatic carbocycles. The van der Waals surface area contributed by atoms with E-state index in [1.807, 2.05) is 12.1 Å². The average Bonchev–Trinajstić information content (AvgIpc) is 2.80. The van der Waals surface area contributed by atoms with Gasteiger partial charge in [-0.05, 0) is 38.9 Å². The molecule has 1 aromatic carbocycles. The van der Waals surface area contributed by atoms with Gasteiger partial charge < -0.3 is 14.6 Å². The van der Waals surface area contributed by atoms with Crippen LogP contribution in [0.4, 0.5) is 0 Å². The van der Waals surface area contributed by atoms with Crippen molar-refractivity contribution in [1.82, 2.24) is 14.9 Å². The Hall–Kier alpha value is -1.55. The lowest BCUT2D eigenvalue weighted by Gasteiger charge is -2.13. The molecule has 110 valence electrons. The summed E-state index contributed by atoms with van der Waals surface area (Å²) in [6, 6.07) is 6.53. The molecule has 0 unspecified atom stereocenters. The Morgan fingerprint density at radius 3 is 2.75 bits per heavy atom. The number of aromatic nitrogens is 2. The molecule has 4 nitrogen and oxygen atoms in total. The highest BCUT2D eigenvalue weighted by atomic mass is 16.5. The minimum Gasteiger partial charge on any atom is -0.497 e. The van der Waals surface area contributed by atoms with E-state index < -0.39 is 0 Å². The molecule has 4 heteroatoms. The first-order valence-corrected chi connectivity index (χ1v) is 7.43. The van der Waals surface area contributed by atoms with Crippen molar-refractivity contribution >= 4 is 11.0 Å². The number of fused-ring (bicyclic) bond motifs is 1. The number of rotatable bonds is 7. The monoisotopic (exact) mass is 275 g/mol. The second-order valence-corrected chi connectivity index (χ2v) is 5.35. The van der Waals surface area contributed by atoms with Crippen LogP contribution in [0, 0.1) is 0 Å². The number of imidazole rings is 1. The van der Waals surface area contributed by atoms with Crippen LogP contribution >= 0.6 is 0 Å². The zero-order chi connectivity index (χ0) is 14.5. The summed E-state index contributed by atoms with van der Waals surface area (Å²) in [5.74, 6) is 2.01. The van der Waals surface area contributed by atoms with Gasteiger partial charge in [0.15, 0.2) is 0 Å². The smallest absolute Gasteiger partial charge is 0.121 e. The number of ether oxygens (including phenoxy) is 1. The second-order valence-electron chi connectivity index (χ2n) is 5.35. The Kier molecular flexibility index (Phi) is 5.01. The molecular weight excluding hydrogens is 250 g/mol. The van der Waals surface area contributed by atoms with Gasteiger partial charge in [0.25, 0.3) is 0 Å². The predicted octanol–water partition coefficient (Wildman–Crippen LogP) is 3.17. The van der Waals surface area contributed by atoms with E-state index in [9.17, 15) is 0 Å². The molecule has 1 aromatic heterocycles. The van der Waals surface area contributed by atoms with Gasteiger partial charge in [-0.15, -0.1) is 0 Å². The van der Waals surface area contributed by atoms with Gasteiger partial charge in [0.05, 0.1) is 18.1 Å².